The number of carbonyl (C=O) groups excluding carboxylic acids is 1. The van der Waals surface area contributed by atoms with E-state index in [1.54, 1.807) is 18.0 Å². The lowest BCUT2D eigenvalue weighted by Gasteiger charge is -2.19. The maximum Gasteiger partial charge on any atom is 0.270 e. The molecule has 1 aromatic rings. The summed E-state index contributed by atoms with van der Waals surface area (Å²) in [6.45, 7) is 4.83. The minimum absolute atomic E-state index is 0.0546. The predicted molar refractivity (Wildman–Crippen MR) is 82.2 cm³/mol. The molecule has 0 atom stereocenters. The van der Waals surface area contributed by atoms with Crippen LogP contribution in [0.4, 0.5) is 5.69 Å². The van der Waals surface area contributed by atoms with E-state index in [-0.39, 0.29) is 11.6 Å². The van der Waals surface area contributed by atoms with E-state index in [1.165, 1.54) is 12.1 Å². The number of rotatable bonds is 5. The fourth-order valence-electron chi connectivity index (χ4n) is 1.55. The highest BCUT2D eigenvalue weighted by Crippen LogP contribution is 2.21. The first-order chi connectivity index (χ1) is 8.82. The van der Waals surface area contributed by atoms with Crippen molar-refractivity contribution in [2.24, 2.45) is 5.92 Å². The summed E-state index contributed by atoms with van der Waals surface area (Å²) in [6, 6.07) is 4.35. The summed E-state index contributed by atoms with van der Waals surface area (Å²) in [5.74, 6) is 0.341. The number of amides is 1. The van der Waals surface area contributed by atoms with Gasteiger partial charge in [-0.25, -0.2) is 0 Å². The molecule has 1 amide bonds. The number of hydrogen-bond donors (Lipinski definition) is 0. The van der Waals surface area contributed by atoms with Crippen LogP contribution in [0, 0.1) is 19.6 Å². The van der Waals surface area contributed by atoms with Crippen molar-refractivity contribution in [2.75, 3.05) is 13.6 Å². The molecule has 0 N–H and O–H groups in total. The molecule has 1 rings (SSSR count). The van der Waals surface area contributed by atoms with Crippen LogP contribution >= 0.6 is 22.6 Å². The number of hydrogen-bond acceptors (Lipinski definition) is 3. The Morgan fingerprint density at radius 2 is 2.11 bits per heavy atom. The second kappa shape index (κ2) is 6.83. The summed E-state index contributed by atoms with van der Waals surface area (Å²) in [5.41, 5.74) is 0.335. The highest BCUT2D eigenvalue weighted by Gasteiger charge is 2.18. The van der Waals surface area contributed by atoms with Crippen LogP contribution in [-0.4, -0.2) is 29.3 Å². The number of halogens is 1. The maximum absolute atomic E-state index is 12.3. The lowest BCUT2D eigenvalue weighted by Crippen LogP contribution is -2.29. The second-order valence-corrected chi connectivity index (χ2v) is 5.99. The lowest BCUT2D eigenvalue weighted by atomic mass is 10.1. The second-order valence-electron chi connectivity index (χ2n) is 4.83. The average Bonchev–Trinajstić information content (AvgIpc) is 2.35. The summed E-state index contributed by atoms with van der Waals surface area (Å²) in [4.78, 5) is 24.1. The molecule has 0 radical (unpaired) electrons. The summed E-state index contributed by atoms with van der Waals surface area (Å²) >= 11 is 2.02. The van der Waals surface area contributed by atoms with Gasteiger partial charge in [0.25, 0.3) is 11.6 Å². The van der Waals surface area contributed by atoms with Crippen molar-refractivity contribution in [3.05, 3.63) is 37.4 Å². The summed E-state index contributed by atoms with van der Waals surface area (Å²) in [5, 5.41) is 10.8. The Labute approximate surface area is 126 Å². The van der Waals surface area contributed by atoms with Gasteiger partial charge in [0.05, 0.1) is 10.5 Å². The van der Waals surface area contributed by atoms with Crippen molar-refractivity contribution < 1.29 is 9.72 Å². The largest absolute Gasteiger partial charge is 0.342 e. The van der Waals surface area contributed by atoms with Gasteiger partial charge < -0.3 is 4.90 Å². The fraction of sp³-hybridized carbons (Fsp3) is 0.462. The zero-order valence-corrected chi connectivity index (χ0v) is 13.4. The normalized spacial score (nSPS) is 10.6. The zero-order chi connectivity index (χ0) is 14.6. The molecule has 6 heteroatoms. The molecule has 0 saturated heterocycles. The monoisotopic (exact) mass is 376 g/mol. The van der Waals surface area contributed by atoms with Crippen molar-refractivity contribution in [2.45, 2.75) is 20.3 Å². The van der Waals surface area contributed by atoms with Crippen LogP contribution in [0.5, 0.6) is 0 Å². The Bertz CT molecular complexity index is 489. The van der Waals surface area contributed by atoms with Crippen molar-refractivity contribution in [1.82, 2.24) is 4.90 Å². The standard InChI is InChI=1S/C13H17IN2O3/c1-9(2)6-7-15(3)13(17)11-8-10(16(18)19)4-5-12(11)14/h4-5,8-9H,6-7H2,1-3H3. The highest BCUT2D eigenvalue weighted by molar-refractivity contribution is 14.1. The van der Waals surface area contributed by atoms with E-state index >= 15 is 0 Å². The minimum Gasteiger partial charge on any atom is -0.342 e. The third-order valence-corrected chi connectivity index (χ3v) is 3.72. The molecule has 0 heterocycles. The predicted octanol–water partition coefficient (Wildman–Crippen LogP) is 3.32. The number of non-ortho nitro benzene ring substituents is 1. The Kier molecular flexibility index (Phi) is 5.71. The van der Waals surface area contributed by atoms with E-state index in [2.05, 4.69) is 13.8 Å². The van der Waals surface area contributed by atoms with Crippen LogP contribution in [-0.2, 0) is 0 Å². The molecule has 104 valence electrons. The summed E-state index contributed by atoms with van der Waals surface area (Å²) in [7, 11) is 1.72. The van der Waals surface area contributed by atoms with Gasteiger partial charge in [-0.2, -0.15) is 0 Å². The number of nitro benzene ring substituents is 1. The van der Waals surface area contributed by atoms with E-state index in [1.807, 2.05) is 22.6 Å². The van der Waals surface area contributed by atoms with Gasteiger partial charge in [0.15, 0.2) is 0 Å². The first kappa shape index (κ1) is 15.9. The Morgan fingerprint density at radius 3 is 2.63 bits per heavy atom. The molecule has 0 aromatic heterocycles. The van der Waals surface area contributed by atoms with Crippen LogP contribution < -0.4 is 0 Å². The van der Waals surface area contributed by atoms with Crippen LogP contribution in [0.25, 0.3) is 0 Å². The first-order valence-electron chi connectivity index (χ1n) is 6.02. The molecule has 0 fully saturated rings. The Hall–Kier alpha value is -1.18. The van der Waals surface area contributed by atoms with E-state index in [4.69, 9.17) is 0 Å². The number of nitrogens with zero attached hydrogens (tertiary/aromatic N) is 2. The first-order valence-corrected chi connectivity index (χ1v) is 7.10. The van der Waals surface area contributed by atoms with Crippen molar-refractivity contribution in [3.8, 4) is 0 Å². The SMILES string of the molecule is CC(C)CCN(C)C(=O)c1cc([N+](=O)[O-])ccc1I. The third kappa shape index (κ3) is 4.45. The van der Waals surface area contributed by atoms with Gasteiger partial charge in [0.2, 0.25) is 0 Å². The molecule has 0 saturated carbocycles. The van der Waals surface area contributed by atoms with Gasteiger partial charge in [-0.1, -0.05) is 13.8 Å². The van der Waals surface area contributed by atoms with Gasteiger partial charge in [0, 0.05) is 29.3 Å². The van der Waals surface area contributed by atoms with Gasteiger partial charge in [-0.15, -0.1) is 0 Å². The Balaban J connectivity index is 2.92. The van der Waals surface area contributed by atoms with Crippen LogP contribution in [0.2, 0.25) is 0 Å². The highest BCUT2D eigenvalue weighted by atomic mass is 127. The van der Waals surface area contributed by atoms with Crippen LogP contribution in [0.3, 0.4) is 0 Å². The van der Waals surface area contributed by atoms with E-state index in [0.29, 0.717) is 18.0 Å². The molecular formula is C13H17IN2O3. The van der Waals surface area contributed by atoms with Crippen LogP contribution in [0.15, 0.2) is 18.2 Å². The molecule has 1 aromatic carbocycles. The third-order valence-electron chi connectivity index (χ3n) is 2.78. The molecule has 19 heavy (non-hydrogen) atoms. The minimum atomic E-state index is -0.485. The van der Waals surface area contributed by atoms with E-state index in [9.17, 15) is 14.9 Å². The molecule has 0 unspecified atom stereocenters. The quantitative estimate of drug-likeness (QED) is 0.450. The average molecular weight is 376 g/mol. The van der Waals surface area contributed by atoms with Gasteiger partial charge in [0.1, 0.15) is 0 Å². The van der Waals surface area contributed by atoms with Gasteiger partial charge in [-0.05, 0) is 41.0 Å². The molecule has 0 aliphatic heterocycles. The van der Waals surface area contributed by atoms with Crippen LogP contribution in [0.1, 0.15) is 30.6 Å². The van der Waals surface area contributed by atoms with E-state index < -0.39 is 4.92 Å². The zero-order valence-electron chi connectivity index (χ0n) is 11.2. The number of carbonyl (C=O) groups is 1. The molecule has 0 spiro atoms. The topological polar surface area (TPSA) is 63.5 Å². The smallest absolute Gasteiger partial charge is 0.270 e. The van der Waals surface area contributed by atoms with Crippen molar-refractivity contribution in [1.29, 1.82) is 0 Å². The lowest BCUT2D eigenvalue weighted by molar-refractivity contribution is -0.384. The van der Waals surface area contributed by atoms with Crippen molar-refractivity contribution in [3.63, 3.8) is 0 Å². The summed E-state index contributed by atoms with van der Waals surface area (Å²) in [6.07, 6.45) is 0.910. The number of nitro groups is 1. The van der Waals surface area contributed by atoms with Crippen molar-refractivity contribution >= 4 is 34.2 Å². The summed E-state index contributed by atoms with van der Waals surface area (Å²) < 4.78 is 0.726. The van der Waals surface area contributed by atoms with Gasteiger partial charge >= 0.3 is 0 Å². The fourth-order valence-corrected chi connectivity index (χ4v) is 2.12. The molecule has 5 nitrogen and oxygen atoms in total. The maximum atomic E-state index is 12.3. The molecule has 0 aliphatic carbocycles. The number of benzene rings is 1. The molecular weight excluding hydrogens is 359 g/mol. The van der Waals surface area contributed by atoms with E-state index in [0.717, 1.165) is 9.99 Å². The Morgan fingerprint density at radius 1 is 1.47 bits per heavy atom. The molecule has 0 aliphatic rings. The molecule has 0 bridgehead atoms. The van der Waals surface area contributed by atoms with Gasteiger partial charge in [-0.3, -0.25) is 14.9 Å².